The average molecular weight is 475 g/mol. The molecule has 0 aromatic heterocycles. The summed E-state index contributed by atoms with van der Waals surface area (Å²) < 4.78 is 44.3. The van der Waals surface area contributed by atoms with Gasteiger partial charge in [-0.05, 0) is 68.0 Å². The van der Waals surface area contributed by atoms with Crippen LogP contribution in [0.2, 0.25) is 0 Å². The van der Waals surface area contributed by atoms with Crippen LogP contribution in [0.1, 0.15) is 30.9 Å². The number of sulfonamides is 1. The number of hydrogen-bond donors (Lipinski definition) is 1. The van der Waals surface area contributed by atoms with Crippen molar-refractivity contribution in [2.24, 2.45) is 0 Å². The van der Waals surface area contributed by atoms with Crippen molar-refractivity contribution < 1.29 is 27.4 Å². The molecule has 2 aromatic rings. The minimum Gasteiger partial charge on any atom is -0.495 e. The number of nitrogens with one attached hydrogen (secondary N) is 1. The Kier molecular flexibility index (Phi) is 7.21. The first-order valence-electron chi connectivity index (χ1n) is 11.2. The fourth-order valence-corrected chi connectivity index (χ4v) is 5.82. The van der Waals surface area contributed by atoms with Crippen molar-refractivity contribution >= 4 is 21.6 Å². The number of amides is 1. The van der Waals surface area contributed by atoms with Gasteiger partial charge in [-0.3, -0.25) is 4.79 Å². The van der Waals surface area contributed by atoms with Gasteiger partial charge in [0.05, 0.1) is 20.3 Å². The van der Waals surface area contributed by atoms with E-state index in [-0.39, 0.29) is 29.6 Å². The molecule has 178 valence electrons. The van der Waals surface area contributed by atoms with Crippen LogP contribution in [-0.4, -0.2) is 58.1 Å². The summed E-state index contributed by atoms with van der Waals surface area (Å²) in [5, 5.41) is 2.78. The van der Waals surface area contributed by atoms with Crippen molar-refractivity contribution in [3.8, 4) is 11.5 Å². The summed E-state index contributed by atoms with van der Waals surface area (Å²) in [4.78, 5) is 12.9. The first kappa shape index (κ1) is 23.5. The van der Waals surface area contributed by atoms with Crippen molar-refractivity contribution in [1.82, 2.24) is 4.31 Å². The zero-order valence-corrected chi connectivity index (χ0v) is 19.8. The molecule has 33 heavy (non-hydrogen) atoms. The van der Waals surface area contributed by atoms with Gasteiger partial charge in [0.1, 0.15) is 16.4 Å². The highest BCUT2D eigenvalue weighted by atomic mass is 32.2. The number of morpholine rings is 1. The highest BCUT2D eigenvalue weighted by Gasteiger charge is 2.30. The van der Waals surface area contributed by atoms with E-state index in [0.717, 1.165) is 25.0 Å². The molecule has 1 fully saturated rings. The van der Waals surface area contributed by atoms with E-state index in [0.29, 0.717) is 18.9 Å². The van der Waals surface area contributed by atoms with Crippen molar-refractivity contribution in [2.75, 3.05) is 38.7 Å². The van der Waals surface area contributed by atoms with Crippen LogP contribution in [0.3, 0.4) is 0 Å². The Bertz CT molecular complexity index is 1110. The zero-order valence-electron chi connectivity index (χ0n) is 19.0. The number of nitrogens with zero attached hydrogens (tertiary/aromatic N) is 1. The third-order valence-electron chi connectivity index (χ3n) is 6.04. The minimum atomic E-state index is -3.80. The van der Waals surface area contributed by atoms with Gasteiger partial charge in [-0.15, -0.1) is 0 Å². The number of ether oxygens (including phenoxy) is 3. The van der Waals surface area contributed by atoms with Crippen LogP contribution < -0.4 is 14.8 Å². The number of benzene rings is 2. The molecule has 2 aromatic carbocycles. The van der Waals surface area contributed by atoms with Gasteiger partial charge in [0.2, 0.25) is 10.0 Å². The van der Waals surface area contributed by atoms with Crippen LogP contribution in [0, 0.1) is 0 Å². The van der Waals surface area contributed by atoms with E-state index in [1.165, 1.54) is 35.0 Å². The quantitative estimate of drug-likeness (QED) is 0.663. The van der Waals surface area contributed by atoms with Crippen molar-refractivity contribution in [2.45, 2.75) is 43.6 Å². The van der Waals surface area contributed by atoms with Gasteiger partial charge in [0, 0.05) is 18.8 Å². The molecule has 1 unspecified atom stereocenters. The van der Waals surface area contributed by atoms with Crippen LogP contribution >= 0.6 is 0 Å². The molecule has 0 radical (unpaired) electrons. The van der Waals surface area contributed by atoms with Crippen LogP contribution in [0.15, 0.2) is 41.3 Å². The van der Waals surface area contributed by atoms with Crippen LogP contribution in [0.4, 0.5) is 5.69 Å². The Balaban J connectivity index is 1.51. The lowest BCUT2D eigenvalue weighted by atomic mass is 9.91. The summed E-state index contributed by atoms with van der Waals surface area (Å²) in [5.74, 6) is 0.600. The second kappa shape index (κ2) is 10.1. The summed E-state index contributed by atoms with van der Waals surface area (Å²) >= 11 is 0. The molecule has 0 bridgehead atoms. The number of anilines is 1. The summed E-state index contributed by atoms with van der Waals surface area (Å²) in [6.07, 6.45) is 3.50. The summed E-state index contributed by atoms with van der Waals surface area (Å²) in [5.41, 5.74) is 2.81. The van der Waals surface area contributed by atoms with Gasteiger partial charge >= 0.3 is 0 Å². The molecular formula is C24H30N2O6S. The molecule has 8 nitrogen and oxygen atoms in total. The molecule has 1 atom stereocenters. The average Bonchev–Trinajstić information content (AvgIpc) is 2.84. The number of carbonyl (C=O) groups is 1. The van der Waals surface area contributed by atoms with E-state index in [1.54, 1.807) is 19.1 Å². The summed E-state index contributed by atoms with van der Waals surface area (Å²) in [6.45, 7) is 2.92. The molecule has 1 saturated heterocycles. The Morgan fingerprint density at radius 2 is 1.85 bits per heavy atom. The summed E-state index contributed by atoms with van der Waals surface area (Å²) in [7, 11) is -2.38. The third kappa shape index (κ3) is 5.15. The number of rotatable bonds is 7. The normalized spacial score (nSPS) is 17.6. The predicted molar refractivity (Wildman–Crippen MR) is 124 cm³/mol. The smallest absolute Gasteiger partial charge is 0.265 e. The third-order valence-corrected chi connectivity index (χ3v) is 7.96. The van der Waals surface area contributed by atoms with E-state index in [1.807, 2.05) is 12.1 Å². The number of fused-ring (bicyclic) bond motifs is 1. The maximum atomic E-state index is 13.2. The fraction of sp³-hybridized carbons (Fsp3) is 0.458. The second-order valence-corrected chi connectivity index (χ2v) is 10.1. The SMILES string of the molecule is COc1ccc(NC(=O)C(C)Oc2cccc3c2CCCC3)cc1S(=O)(=O)N1CCOCC1. The van der Waals surface area contributed by atoms with Crippen molar-refractivity contribution in [3.63, 3.8) is 0 Å². The van der Waals surface area contributed by atoms with Crippen LogP contribution in [0.5, 0.6) is 11.5 Å². The van der Waals surface area contributed by atoms with Gasteiger partial charge in [0.15, 0.2) is 6.10 Å². The standard InChI is InChI=1S/C24H30N2O6S/c1-17(32-21-9-5-7-18-6-3-4-8-20(18)21)24(27)25-19-10-11-22(30-2)23(16-19)33(28,29)26-12-14-31-15-13-26/h5,7,9-11,16-17H,3-4,6,8,12-15H2,1-2H3,(H,25,27). The second-order valence-electron chi connectivity index (χ2n) is 8.23. The van der Waals surface area contributed by atoms with Gasteiger partial charge < -0.3 is 19.5 Å². The van der Waals surface area contributed by atoms with Crippen molar-refractivity contribution in [3.05, 3.63) is 47.5 Å². The lowest BCUT2D eigenvalue weighted by Gasteiger charge is -2.27. The highest BCUT2D eigenvalue weighted by molar-refractivity contribution is 7.89. The predicted octanol–water partition coefficient (Wildman–Crippen LogP) is 3.00. The fourth-order valence-electron chi connectivity index (χ4n) is 4.23. The topological polar surface area (TPSA) is 94.2 Å². The molecular weight excluding hydrogens is 444 g/mol. The van der Waals surface area contributed by atoms with Crippen LogP contribution in [-0.2, 0) is 32.4 Å². The Morgan fingerprint density at radius 1 is 1.09 bits per heavy atom. The van der Waals surface area contributed by atoms with E-state index in [2.05, 4.69) is 11.4 Å². The Labute approximate surface area is 194 Å². The maximum Gasteiger partial charge on any atom is 0.265 e. The lowest BCUT2D eigenvalue weighted by Crippen LogP contribution is -2.40. The van der Waals surface area contributed by atoms with Crippen molar-refractivity contribution in [1.29, 1.82) is 0 Å². The van der Waals surface area contributed by atoms with Gasteiger partial charge in [-0.2, -0.15) is 4.31 Å². The largest absolute Gasteiger partial charge is 0.495 e. The number of hydrogen-bond acceptors (Lipinski definition) is 6. The highest BCUT2D eigenvalue weighted by Crippen LogP contribution is 2.32. The maximum absolute atomic E-state index is 13.2. The van der Waals surface area contributed by atoms with Crippen LogP contribution in [0.25, 0.3) is 0 Å². The molecule has 1 heterocycles. The minimum absolute atomic E-state index is 0.00963. The van der Waals surface area contributed by atoms with Gasteiger partial charge in [-0.25, -0.2) is 8.42 Å². The molecule has 0 saturated carbocycles. The number of aryl methyl sites for hydroxylation is 1. The van der Waals surface area contributed by atoms with E-state index < -0.39 is 16.1 Å². The molecule has 1 aliphatic heterocycles. The van der Waals surface area contributed by atoms with Gasteiger partial charge in [-0.1, -0.05) is 12.1 Å². The molecule has 4 rings (SSSR count). The zero-order chi connectivity index (χ0) is 23.4. The number of methoxy groups -OCH3 is 1. The molecule has 1 N–H and O–H groups in total. The Morgan fingerprint density at radius 3 is 2.61 bits per heavy atom. The monoisotopic (exact) mass is 474 g/mol. The number of carbonyl (C=O) groups excluding carboxylic acids is 1. The van der Waals surface area contributed by atoms with E-state index >= 15 is 0 Å². The van der Waals surface area contributed by atoms with Gasteiger partial charge in [0.25, 0.3) is 5.91 Å². The first-order valence-corrected chi connectivity index (χ1v) is 12.7. The van der Waals surface area contributed by atoms with E-state index in [9.17, 15) is 13.2 Å². The van der Waals surface area contributed by atoms with E-state index in [4.69, 9.17) is 14.2 Å². The molecule has 1 aliphatic carbocycles. The Hall–Kier alpha value is -2.62. The summed E-state index contributed by atoms with van der Waals surface area (Å²) in [6, 6.07) is 10.6. The lowest BCUT2D eigenvalue weighted by molar-refractivity contribution is -0.122. The molecule has 0 spiro atoms. The first-order chi connectivity index (χ1) is 15.9. The molecule has 1 amide bonds. The molecule has 2 aliphatic rings. The molecule has 9 heteroatoms.